The van der Waals surface area contributed by atoms with Crippen molar-refractivity contribution in [2.24, 2.45) is 0 Å². The van der Waals surface area contributed by atoms with E-state index in [0.29, 0.717) is 4.47 Å². The smallest absolute Gasteiger partial charge is 0.418 e. The van der Waals surface area contributed by atoms with E-state index >= 15 is 0 Å². The van der Waals surface area contributed by atoms with Crippen molar-refractivity contribution in [3.63, 3.8) is 0 Å². The lowest BCUT2D eigenvalue weighted by molar-refractivity contribution is -0.138. The van der Waals surface area contributed by atoms with Crippen LogP contribution in [0.3, 0.4) is 0 Å². The van der Waals surface area contributed by atoms with Gasteiger partial charge in [0, 0.05) is 23.1 Å². The molecule has 1 N–H and O–H groups in total. The van der Waals surface area contributed by atoms with Crippen molar-refractivity contribution in [1.29, 1.82) is 0 Å². The van der Waals surface area contributed by atoms with E-state index in [0.717, 1.165) is 22.5 Å². The summed E-state index contributed by atoms with van der Waals surface area (Å²) in [6, 6.07) is 1.55. The average molecular weight is 349 g/mol. The second kappa shape index (κ2) is 4.93. The molecule has 0 saturated carbocycles. The minimum absolute atomic E-state index is 0.212. The molecule has 0 fully saturated rings. The molecule has 106 valence electrons. The Morgan fingerprint density at radius 2 is 2.05 bits per heavy atom. The van der Waals surface area contributed by atoms with Crippen molar-refractivity contribution in [2.45, 2.75) is 13.1 Å². The first-order valence-electron chi connectivity index (χ1n) is 5.35. The number of hydrogen-bond acceptors (Lipinski definition) is 2. The summed E-state index contributed by atoms with van der Waals surface area (Å²) < 4.78 is 40.1. The van der Waals surface area contributed by atoms with Crippen molar-refractivity contribution in [2.75, 3.05) is 0 Å². The van der Waals surface area contributed by atoms with Gasteiger partial charge in [-0.05, 0) is 34.5 Å². The Balaban J connectivity index is 2.58. The van der Waals surface area contributed by atoms with E-state index in [4.69, 9.17) is 5.11 Å². The molecule has 0 amide bonds. The van der Waals surface area contributed by atoms with Gasteiger partial charge in [0.25, 0.3) is 0 Å². The van der Waals surface area contributed by atoms with E-state index in [9.17, 15) is 18.0 Å². The Bertz CT molecular complexity index is 680. The molecule has 0 unspecified atom stereocenters. The summed E-state index contributed by atoms with van der Waals surface area (Å²) in [7, 11) is 0. The van der Waals surface area contributed by atoms with E-state index in [-0.39, 0.29) is 5.82 Å². The number of carbonyl (C=O) groups is 1. The van der Waals surface area contributed by atoms with E-state index in [1.54, 1.807) is 13.0 Å². The highest BCUT2D eigenvalue weighted by Gasteiger charge is 2.37. The van der Waals surface area contributed by atoms with Crippen LogP contribution in [0.1, 0.15) is 21.5 Å². The van der Waals surface area contributed by atoms with Crippen LogP contribution in [0.2, 0.25) is 0 Å². The number of carboxylic acids is 1. The van der Waals surface area contributed by atoms with Crippen LogP contribution >= 0.6 is 15.9 Å². The Morgan fingerprint density at radius 3 is 2.50 bits per heavy atom. The molecule has 0 spiro atoms. The number of aromatic carboxylic acids is 1. The van der Waals surface area contributed by atoms with Crippen LogP contribution in [0.4, 0.5) is 13.2 Å². The maximum Gasteiger partial charge on any atom is 0.418 e. The predicted octanol–water partition coefficient (Wildman–Crippen LogP) is 3.66. The van der Waals surface area contributed by atoms with Gasteiger partial charge in [-0.1, -0.05) is 0 Å². The first-order chi connectivity index (χ1) is 9.20. The van der Waals surface area contributed by atoms with Crippen LogP contribution in [0.5, 0.6) is 0 Å². The van der Waals surface area contributed by atoms with Crippen molar-refractivity contribution >= 4 is 21.9 Å². The minimum Gasteiger partial charge on any atom is -0.478 e. The SMILES string of the molecule is Cc1cc(-n2cc(C(=O)O)c(C(F)(F)F)c2)ncc1Br. The molecule has 20 heavy (non-hydrogen) atoms. The highest BCUT2D eigenvalue weighted by molar-refractivity contribution is 9.10. The van der Waals surface area contributed by atoms with Gasteiger partial charge >= 0.3 is 12.1 Å². The maximum atomic E-state index is 12.8. The lowest BCUT2D eigenvalue weighted by Gasteiger charge is -2.05. The molecule has 2 heterocycles. The lowest BCUT2D eigenvalue weighted by atomic mass is 10.2. The van der Waals surface area contributed by atoms with Gasteiger partial charge in [-0.25, -0.2) is 9.78 Å². The maximum absolute atomic E-state index is 12.8. The highest BCUT2D eigenvalue weighted by Crippen LogP contribution is 2.33. The number of carboxylic acid groups (broad SMARTS) is 1. The van der Waals surface area contributed by atoms with Crippen molar-refractivity contribution in [3.05, 3.63) is 45.8 Å². The summed E-state index contributed by atoms with van der Waals surface area (Å²) in [5.41, 5.74) is -1.23. The topological polar surface area (TPSA) is 55.1 Å². The molecular weight excluding hydrogens is 341 g/mol. The van der Waals surface area contributed by atoms with Gasteiger partial charge in [-0.3, -0.25) is 0 Å². The summed E-state index contributed by atoms with van der Waals surface area (Å²) in [4.78, 5) is 14.9. The average Bonchev–Trinajstić information content (AvgIpc) is 2.77. The molecule has 0 bridgehead atoms. The van der Waals surface area contributed by atoms with Gasteiger partial charge in [0.2, 0.25) is 0 Å². The summed E-state index contributed by atoms with van der Waals surface area (Å²) in [6.45, 7) is 1.75. The van der Waals surface area contributed by atoms with Crippen molar-refractivity contribution in [1.82, 2.24) is 9.55 Å². The molecule has 0 saturated heterocycles. The zero-order valence-electron chi connectivity index (χ0n) is 10.1. The van der Waals surface area contributed by atoms with Crippen LogP contribution in [-0.4, -0.2) is 20.6 Å². The van der Waals surface area contributed by atoms with E-state index in [1.165, 1.54) is 6.20 Å². The third-order valence-corrected chi connectivity index (χ3v) is 3.49. The Kier molecular flexibility index (Phi) is 3.59. The molecule has 0 aromatic carbocycles. The second-order valence-electron chi connectivity index (χ2n) is 4.09. The van der Waals surface area contributed by atoms with Crippen LogP contribution in [-0.2, 0) is 6.18 Å². The van der Waals surface area contributed by atoms with Crippen LogP contribution < -0.4 is 0 Å². The summed E-state index contributed by atoms with van der Waals surface area (Å²) in [5.74, 6) is -1.42. The zero-order chi connectivity index (χ0) is 15.1. The summed E-state index contributed by atoms with van der Waals surface area (Å²) in [6.07, 6.45) is -1.66. The fraction of sp³-hybridized carbons (Fsp3) is 0.167. The van der Waals surface area contributed by atoms with E-state index < -0.39 is 23.3 Å². The quantitative estimate of drug-likeness (QED) is 0.900. The van der Waals surface area contributed by atoms with Crippen molar-refractivity contribution in [3.8, 4) is 5.82 Å². The van der Waals surface area contributed by atoms with Gasteiger partial charge in [0.05, 0.1) is 11.1 Å². The minimum atomic E-state index is -4.73. The Morgan fingerprint density at radius 1 is 1.40 bits per heavy atom. The molecule has 2 aromatic rings. The third kappa shape index (κ3) is 2.69. The lowest BCUT2D eigenvalue weighted by Crippen LogP contribution is -2.09. The number of aromatic nitrogens is 2. The zero-order valence-corrected chi connectivity index (χ0v) is 11.7. The first-order valence-corrected chi connectivity index (χ1v) is 6.14. The fourth-order valence-corrected chi connectivity index (χ4v) is 1.87. The molecule has 0 atom stereocenters. The second-order valence-corrected chi connectivity index (χ2v) is 4.94. The first kappa shape index (κ1) is 14.6. The van der Waals surface area contributed by atoms with Crippen LogP contribution in [0.25, 0.3) is 5.82 Å². The van der Waals surface area contributed by atoms with Crippen molar-refractivity contribution < 1.29 is 23.1 Å². The summed E-state index contributed by atoms with van der Waals surface area (Å²) >= 11 is 3.23. The Hall–Kier alpha value is -1.83. The van der Waals surface area contributed by atoms with E-state index in [2.05, 4.69) is 20.9 Å². The van der Waals surface area contributed by atoms with Gasteiger partial charge < -0.3 is 9.67 Å². The number of rotatable bonds is 2. The van der Waals surface area contributed by atoms with E-state index in [1.807, 2.05) is 0 Å². The number of alkyl halides is 3. The molecule has 0 aliphatic rings. The van der Waals surface area contributed by atoms with Crippen LogP contribution in [0, 0.1) is 6.92 Å². The van der Waals surface area contributed by atoms with Gasteiger partial charge in [0.1, 0.15) is 5.82 Å². The summed E-state index contributed by atoms with van der Waals surface area (Å²) in [5, 5.41) is 8.85. The molecule has 4 nitrogen and oxygen atoms in total. The number of aryl methyl sites for hydroxylation is 1. The number of hydrogen-bond donors (Lipinski definition) is 1. The normalized spacial score (nSPS) is 11.7. The number of nitrogens with zero attached hydrogens (tertiary/aromatic N) is 2. The predicted molar refractivity (Wildman–Crippen MR) is 68.0 cm³/mol. The standard InChI is InChI=1S/C12H8BrF3N2O2/c1-6-2-10(17-3-9(6)13)18-4-7(11(19)20)8(5-18)12(14,15)16/h2-5H,1H3,(H,19,20). The largest absolute Gasteiger partial charge is 0.478 e. The third-order valence-electron chi connectivity index (χ3n) is 2.66. The molecule has 2 rings (SSSR count). The van der Waals surface area contributed by atoms with Gasteiger partial charge in [-0.15, -0.1) is 0 Å². The molecule has 0 aliphatic carbocycles. The molecule has 2 aromatic heterocycles. The fourth-order valence-electron chi connectivity index (χ4n) is 1.65. The molecular formula is C12H8BrF3N2O2. The molecule has 8 heteroatoms. The molecule has 0 aliphatic heterocycles. The Labute approximate surface area is 120 Å². The van der Waals surface area contributed by atoms with Gasteiger partial charge in [-0.2, -0.15) is 13.2 Å². The monoisotopic (exact) mass is 348 g/mol. The van der Waals surface area contributed by atoms with Gasteiger partial charge in [0.15, 0.2) is 0 Å². The molecule has 0 radical (unpaired) electrons. The highest BCUT2D eigenvalue weighted by atomic mass is 79.9. The number of halogens is 4. The number of pyridine rings is 1. The van der Waals surface area contributed by atoms with Crippen LogP contribution in [0.15, 0.2) is 29.1 Å².